The number of benzene rings is 1. The van der Waals surface area contributed by atoms with Crippen molar-refractivity contribution in [2.24, 2.45) is 0 Å². The minimum Gasteiger partial charge on any atom is -0.478 e. The van der Waals surface area contributed by atoms with Gasteiger partial charge in [0, 0.05) is 20.8 Å². The fourth-order valence-electron chi connectivity index (χ4n) is 1.76. The number of carboxylic acids is 1. The Morgan fingerprint density at radius 3 is 2.71 bits per heavy atom. The van der Waals surface area contributed by atoms with E-state index in [0.29, 0.717) is 5.02 Å². The number of aromatic nitrogens is 1. The Morgan fingerprint density at radius 2 is 2.05 bits per heavy atom. The number of hydrogen-bond donors (Lipinski definition) is 1. The number of carboxylic acid groups (broad SMARTS) is 1. The number of thiophene rings is 1. The van der Waals surface area contributed by atoms with Gasteiger partial charge in [0.25, 0.3) is 0 Å². The van der Waals surface area contributed by atoms with Gasteiger partial charge in [-0.15, -0.1) is 22.7 Å². The van der Waals surface area contributed by atoms with Gasteiger partial charge < -0.3 is 5.11 Å². The third-order valence-corrected chi connectivity index (χ3v) is 5.40. The van der Waals surface area contributed by atoms with E-state index in [1.807, 2.05) is 23.6 Å². The molecule has 0 atom stereocenters. The largest absolute Gasteiger partial charge is 0.478 e. The van der Waals surface area contributed by atoms with Crippen LogP contribution in [0.2, 0.25) is 5.02 Å². The summed E-state index contributed by atoms with van der Waals surface area (Å²) in [4.78, 5) is 16.3. The molecule has 1 aromatic carbocycles. The summed E-state index contributed by atoms with van der Waals surface area (Å²) in [7, 11) is 0. The van der Waals surface area contributed by atoms with Gasteiger partial charge in [-0.2, -0.15) is 0 Å². The summed E-state index contributed by atoms with van der Waals surface area (Å²) in [6.45, 7) is 0. The molecule has 2 heterocycles. The predicted molar refractivity (Wildman–Crippen MR) is 90.5 cm³/mol. The van der Waals surface area contributed by atoms with Crippen molar-refractivity contribution < 1.29 is 9.90 Å². The van der Waals surface area contributed by atoms with Gasteiger partial charge >= 0.3 is 5.97 Å². The minimum absolute atomic E-state index is 0.284. The highest BCUT2D eigenvalue weighted by Gasteiger charge is 2.13. The Morgan fingerprint density at radius 1 is 1.24 bits per heavy atom. The van der Waals surface area contributed by atoms with E-state index in [1.54, 1.807) is 11.4 Å². The van der Waals surface area contributed by atoms with E-state index < -0.39 is 5.97 Å². The van der Waals surface area contributed by atoms with Gasteiger partial charge in [0.2, 0.25) is 0 Å². The molecule has 0 aliphatic rings. The molecule has 3 rings (SSSR count). The fraction of sp³-hybridized carbons (Fsp3) is 0. The summed E-state index contributed by atoms with van der Waals surface area (Å²) in [6.07, 6.45) is 0. The summed E-state index contributed by atoms with van der Waals surface area (Å²) in [5.74, 6) is -0.927. The van der Waals surface area contributed by atoms with Crippen LogP contribution in [0.1, 0.15) is 10.4 Å². The normalized spacial score (nSPS) is 10.8. The average molecular weight is 401 g/mol. The van der Waals surface area contributed by atoms with Crippen LogP contribution >= 0.6 is 50.2 Å². The van der Waals surface area contributed by atoms with Gasteiger partial charge in [0.15, 0.2) is 0 Å². The molecule has 1 N–H and O–H groups in total. The molecule has 0 aliphatic heterocycles. The lowest BCUT2D eigenvalue weighted by Crippen LogP contribution is -1.91. The van der Waals surface area contributed by atoms with E-state index in [9.17, 15) is 4.79 Å². The van der Waals surface area contributed by atoms with Crippen LogP contribution in [0.4, 0.5) is 0 Å². The molecular weight excluding hydrogens is 394 g/mol. The molecule has 0 spiro atoms. The number of aromatic carboxylic acids is 1. The second-order valence-corrected chi connectivity index (χ2v) is 7.26. The van der Waals surface area contributed by atoms with Gasteiger partial charge in [-0.3, -0.25) is 0 Å². The molecule has 3 aromatic rings. The maximum atomic E-state index is 10.9. The average Bonchev–Trinajstić information content (AvgIpc) is 3.07. The summed E-state index contributed by atoms with van der Waals surface area (Å²) in [6, 6.07) is 7.28. The third kappa shape index (κ3) is 3.03. The molecule has 0 saturated carbocycles. The molecule has 0 aliphatic carbocycles. The van der Waals surface area contributed by atoms with Crippen LogP contribution in [0.3, 0.4) is 0 Å². The second-order valence-electron chi connectivity index (χ2n) is 4.17. The molecule has 21 heavy (non-hydrogen) atoms. The van der Waals surface area contributed by atoms with Crippen molar-refractivity contribution in [3.8, 4) is 21.1 Å². The number of halogens is 2. The van der Waals surface area contributed by atoms with Crippen LogP contribution in [-0.4, -0.2) is 16.1 Å². The van der Waals surface area contributed by atoms with Crippen molar-refractivity contribution in [1.29, 1.82) is 0 Å². The lowest BCUT2D eigenvalue weighted by Gasteiger charge is -2.00. The van der Waals surface area contributed by atoms with Crippen LogP contribution in [-0.2, 0) is 0 Å². The lowest BCUT2D eigenvalue weighted by molar-refractivity contribution is 0.0697. The van der Waals surface area contributed by atoms with Gasteiger partial charge in [0.05, 0.1) is 21.2 Å². The first kappa shape index (κ1) is 14.7. The molecule has 7 heteroatoms. The number of nitrogens with zero attached hydrogens (tertiary/aromatic N) is 1. The van der Waals surface area contributed by atoms with Crippen LogP contribution in [0.25, 0.3) is 21.1 Å². The van der Waals surface area contributed by atoms with Crippen LogP contribution < -0.4 is 0 Å². The van der Waals surface area contributed by atoms with Gasteiger partial charge in [0.1, 0.15) is 5.01 Å². The first-order valence-electron chi connectivity index (χ1n) is 5.78. The molecule has 0 fully saturated rings. The SMILES string of the molecule is O=C(O)c1csc(-c2csc(-c3ccc(Br)cc3Cl)n2)c1. The smallest absolute Gasteiger partial charge is 0.336 e. The molecular formula is C14H7BrClNO2S2. The predicted octanol–water partition coefficient (Wildman–Crippen LogP) is 5.65. The zero-order valence-electron chi connectivity index (χ0n) is 10.3. The molecule has 0 radical (unpaired) electrons. The van der Waals surface area contributed by atoms with Gasteiger partial charge in [-0.25, -0.2) is 9.78 Å². The maximum Gasteiger partial charge on any atom is 0.336 e. The standard InChI is InChI=1S/C14H7BrClNO2S2/c15-8-1-2-9(10(16)4-8)13-17-11(6-21-13)12-3-7(5-20-12)14(18)19/h1-6H,(H,18,19). The highest BCUT2D eigenvalue weighted by atomic mass is 79.9. The summed E-state index contributed by atoms with van der Waals surface area (Å²) in [5, 5.41) is 13.9. The van der Waals surface area contributed by atoms with Crippen LogP contribution in [0.15, 0.2) is 39.5 Å². The van der Waals surface area contributed by atoms with Crippen molar-refractivity contribution in [2.75, 3.05) is 0 Å². The Bertz CT molecular complexity index is 828. The molecule has 3 nitrogen and oxygen atoms in total. The number of rotatable bonds is 3. The fourth-order valence-corrected chi connectivity index (χ4v) is 4.35. The van der Waals surface area contributed by atoms with E-state index in [2.05, 4.69) is 20.9 Å². The van der Waals surface area contributed by atoms with Crippen LogP contribution in [0.5, 0.6) is 0 Å². The van der Waals surface area contributed by atoms with E-state index >= 15 is 0 Å². The molecule has 106 valence electrons. The number of thiazole rings is 1. The summed E-state index contributed by atoms with van der Waals surface area (Å²) in [5.41, 5.74) is 1.92. The Hall–Kier alpha value is -1.21. The van der Waals surface area contributed by atoms with Crippen LogP contribution in [0, 0.1) is 0 Å². The van der Waals surface area contributed by atoms with Crippen molar-refractivity contribution in [3.05, 3.63) is 50.1 Å². The zero-order valence-corrected chi connectivity index (χ0v) is 14.3. The van der Waals surface area contributed by atoms with Gasteiger partial charge in [-0.1, -0.05) is 27.5 Å². The zero-order chi connectivity index (χ0) is 15.0. The van der Waals surface area contributed by atoms with E-state index in [1.165, 1.54) is 22.7 Å². The number of carbonyl (C=O) groups is 1. The lowest BCUT2D eigenvalue weighted by atomic mass is 10.2. The van der Waals surface area contributed by atoms with Crippen molar-refractivity contribution in [3.63, 3.8) is 0 Å². The highest BCUT2D eigenvalue weighted by molar-refractivity contribution is 9.10. The van der Waals surface area contributed by atoms with E-state index in [-0.39, 0.29) is 5.56 Å². The van der Waals surface area contributed by atoms with Gasteiger partial charge in [-0.05, 0) is 24.3 Å². The molecule has 0 saturated heterocycles. The second kappa shape index (κ2) is 5.88. The van der Waals surface area contributed by atoms with Crippen molar-refractivity contribution in [2.45, 2.75) is 0 Å². The quantitative estimate of drug-likeness (QED) is 0.618. The van der Waals surface area contributed by atoms with E-state index in [4.69, 9.17) is 16.7 Å². The first-order chi connectivity index (χ1) is 10.0. The Kier molecular flexibility index (Phi) is 4.12. The van der Waals surface area contributed by atoms with E-state index in [0.717, 1.165) is 25.6 Å². The molecule has 0 amide bonds. The van der Waals surface area contributed by atoms with Crippen molar-refractivity contribution >= 4 is 56.2 Å². The highest BCUT2D eigenvalue weighted by Crippen LogP contribution is 2.36. The molecule has 0 bridgehead atoms. The topological polar surface area (TPSA) is 50.2 Å². The summed E-state index contributed by atoms with van der Waals surface area (Å²) >= 11 is 12.5. The number of hydrogen-bond acceptors (Lipinski definition) is 4. The Balaban J connectivity index is 1.97. The first-order valence-corrected chi connectivity index (χ1v) is 8.71. The maximum absolute atomic E-state index is 10.9. The van der Waals surface area contributed by atoms with Crippen molar-refractivity contribution in [1.82, 2.24) is 4.98 Å². The minimum atomic E-state index is -0.927. The summed E-state index contributed by atoms with van der Waals surface area (Å²) < 4.78 is 0.914. The molecule has 0 unspecified atom stereocenters. The third-order valence-electron chi connectivity index (χ3n) is 2.76. The monoisotopic (exact) mass is 399 g/mol. The Labute approximate surface area is 142 Å². The molecule has 2 aromatic heterocycles.